The number of methoxy groups -OCH3 is 1. The van der Waals surface area contributed by atoms with Crippen LogP contribution in [0.4, 0.5) is 0 Å². The number of hydrogen-bond acceptors (Lipinski definition) is 3. The molecule has 1 heterocycles. The molecule has 1 saturated heterocycles. The Balaban J connectivity index is 1.37. The van der Waals surface area contributed by atoms with Gasteiger partial charge in [0.05, 0.1) is 13.7 Å². The van der Waals surface area contributed by atoms with Gasteiger partial charge >= 0.3 is 0 Å². The van der Waals surface area contributed by atoms with E-state index in [0.29, 0.717) is 18.6 Å². The van der Waals surface area contributed by atoms with E-state index in [2.05, 4.69) is 60.4 Å². The quantitative estimate of drug-likeness (QED) is 0.562. The Morgan fingerprint density at radius 2 is 1.93 bits per heavy atom. The van der Waals surface area contributed by atoms with Crippen LogP contribution in [0.25, 0.3) is 0 Å². The Morgan fingerprint density at radius 3 is 2.70 bits per heavy atom. The Morgan fingerprint density at radius 1 is 1.10 bits per heavy atom. The van der Waals surface area contributed by atoms with Gasteiger partial charge in [0.1, 0.15) is 5.75 Å². The van der Waals surface area contributed by atoms with Crippen LogP contribution < -0.4 is 4.74 Å². The number of benzene rings is 2. The molecule has 0 spiro atoms. The van der Waals surface area contributed by atoms with Gasteiger partial charge in [-0.2, -0.15) is 0 Å². The summed E-state index contributed by atoms with van der Waals surface area (Å²) < 4.78 is 11.8. The fourth-order valence-corrected chi connectivity index (χ4v) is 6.02. The van der Waals surface area contributed by atoms with Gasteiger partial charge in [0, 0.05) is 24.6 Å². The number of likely N-dealkylation sites (tertiary alicyclic amines) is 1. The highest BCUT2D eigenvalue weighted by molar-refractivity contribution is 5.45. The second kappa shape index (κ2) is 8.36. The van der Waals surface area contributed by atoms with Gasteiger partial charge in [-0.1, -0.05) is 43.3 Å². The zero-order valence-electron chi connectivity index (χ0n) is 18.5. The lowest BCUT2D eigenvalue weighted by Gasteiger charge is -2.56. The molecular weight excluding hydrogens is 370 g/mol. The molecule has 1 aliphatic heterocycles. The number of rotatable bonds is 8. The lowest BCUT2D eigenvalue weighted by molar-refractivity contribution is -0.00214. The summed E-state index contributed by atoms with van der Waals surface area (Å²) in [7, 11) is 1.78. The molecule has 0 amide bonds. The molecule has 5 rings (SSSR count). The van der Waals surface area contributed by atoms with Gasteiger partial charge in [0.2, 0.25) is 0 Å². The first-order valence-electron chi connectivity index (χ1n) is 11.7. The standard InChI is InChI=1S/C27H35NO2/c1-20-26-16-23-10-11-24(29-2)17-25(23)27(20,12-14-28(26)18-21-8-9-21)13-15-30-19-22-6-4-3-5-7-22/h3-7,10-11,17,20-21,26H,8-9,12-16,18-19H2,1-2H3/t20-,26+,27+/m1/s1. The van der Waals surface area contributed by atoms with E-state index in [1.807, 2.05) is 0 Å². The van der Waals surface area contributed by atoms with Crippen molar-refractivity contribution in [3.63, 3.8) is 0 Å². The van der Waals surface area contributed by atoms with E-state index in [0.717, 1.165) is 24.7 Å². The number of piperidine rings is 1. The van der Waals surface area contributed by atoms with Crippen molar-refractivity contribution >= 4 is 0 Å². The Hall–Kier alpha value is -1.84. The molecule has 2 aliphatic carbocycles. The fourth-order valence-electron chi connectivity index (χ4n) is 6.02. The van der Waals surface area contributed by atoms with Gasteiger partial charge < -0.3 is 9.47 Å². The Bertz CT molecular complexity index is 862. The molecule has 0 radical (unpaired) electrons. The average Bonchev–Trinajstić information content (AvgIpc) is 3.59. The van der Waals surface area contributed by atoms with Crippen LogP contribution in [0.2, 0.25) is 0 Å². The van der Waals surface area contributed by atoms with Gasteiger partial charge in [-0.15, -0.1) is 0 Å². The van der Waals surface area contributed by atoms with Crippen molar-refractivity contribution < 1.29 is 9.47 Å². The number of nitrogens with zero attached hydrogens (tertiary/aromatic N) is 1. The predicted octanol–water partition coefficient (Wildman–Crippen LogP) is 5.22. The van der Waals surface area contributed by atoms with E-state index in [4.69, 9.17) is 9.47 Å². The van der Waals surface area contributed by atoms with E-state index in [1.54, 1.807) is 7.11 Å². The number of hydrogen-bond donors (Lipinski definition) is 0. The van der Waals surface area contributed by atoms with Crippen LogP contribution in [0, 0.1) is 11.8 Å². The first-order chi connectivity index (χ1) is 14.7. The maximum atomic E-state index is 6.19. The average molecular weight is 406 g/mol. The molecule has 0 unspecified atom stereocenters. The largest absolute Gasteiger partial charge is 0.497 e. The summed E-state index contributed by atoms with van der Waals surface area (Å²) in [4.78, 5) is 2.82. The summed E-state index contributed by atoms with van der Waals surface area (Å²) in [5.41, 5.74) is 4.51. The summed E-state index contributed by atoms with van der Waals surface area (Å²) in [6.45, 7) is 6.55. The molecule has 3 aliphatic rings. The van der Waals surface area contributed by atoms with Crippen LogP contribution >= 0.6 is 0 Å². The molecule has 2 fully saturated rings. The summed E-state index contributed by atoms with van der Waals surface area (Å²) >= 11 is 0. The van der Waals surface area contributed by atoms with Crippen LogP contribution in [0.3, 0.4) is 0 Å². The van der Waals surface area contributed by atoms with Crippen LogP contribution in [0.15, 0.2) is 48.5 Å². The maximum Gasteiger partial charge on any atom is 0.119 e. The Kier molecular flexibility index (Phi) is 5.59. The van der Waals surface area contributed by atoms with Gasteiger partial charge in [-0.05, 0) is 79.3 Å². The zero-order chi connectivity index (χ0) is 20.6. The molecular formula is C27H35NO2. The fraction of sp³-hybridized carbons (Fsp3) is 0.556. The van der Waals surface area contributed by atoms with Crippen molar-refractivity contribution in [2.45, 2.75) is 57.1 Å². The van der Waals surface area contributed by atoms with Crippen LogP contribution in [-0.4, -0.2) is 37.7 Å². The van der Waals surface area contributed by atoms with Crippen molar-refractivity contribution in [2.75, 3.05) is 26.8 Å². The van der Waals surface area contributed by atoms with Crippen LogP contribution in [-0.2, 0) is 23.2 Å². The second-order valence-corrected chi connectivity index (χ2v) is 9.72. The smallest absolute Gasteiger partial charge is 0.119 e. The highest BCUT2D eigenvalue weighted by Crippen LogP contribution is 2.52. The molecule has 3 atom stereocenters. The highest BCUT2D eigenvalue weighted by atomic mass is 16.5. The van der Waals surface area contributed by atoms with Crippen molar-refractivity contribution in [3.8, 4) is 5.75 Å². The minimum atomic E-state index is 0.198. The molecule has 160 valence electrons. The van der Waals surface area contributed by atoms with Gasteiger partial charge in [0.15, 0.2) is 0 Å². The summed E-state index contributed by atoms with van der Waals surface area (Å²) in [6, 6.07) is 18.0. The van der Waals surface area contributed by atoms with Crippen LogP contribution in [0.1, 0.15) is 49.3 Å². The van der Waals surface area contributed by atoms with E-state index in [-0.39, 0.29) is 5.41 Å². The molecule has 3 heteroatoms. The normalized spacial score (nSPS) is 28.2. The Labute approximate surface area is 181 Å². The number of fused-ring (bicyclic) bond motifs is 4. The minimum Gasteiger partial charge on any atom is -0.497 e. The van der Waals surface area contributed by atoms with Gasteiger partial charge in [-0.3, -0.25) is 4.90 Å². The topological polar surface area (TPSA) is 21.7 Å². The summed E-state index contributed by atoms with van der Waals surface area (Å²) in [6.07, 6.45) is 6.37. The van der Waals surface area contributed by atoms with E-state index in [1.165, 1.54) is 55.5 Å². The summed E-state index contributed by atoms with van der Waals surface area (Å²) in [5.74, 6) is 2.59. The van der Waals surface area contributed by atoms with Crippen LogP contribution in [0.5, 0.6) is 5.75 Å². The monoisotopic (exact) mass is 405 g/mol. The molecule has 2 bridgehead atoms. The lowest BCUT2D eigenvalue weighted by atomic mass is 9.56. The second-order valence-electron chi connectivity index (χ2n) is 9.72. The number of ether oxygens (including phenoxy) is 2. The molecule has 30 heavy (non-hydrogen) atoms. The first kappa shape index (κ1) is 20.1. The maximum absolute atomic E-state index is 6.19. The van der Waals surface area contributed by atoms with E-state index in [9.17, 15) is 0 Å². The lowest BCUT2D eigenvalue weighted by Crippen LogP contribution is -2.59. The van der Waals surface area contributed by atoms with Crippen molar-refractivity contribution in [3.05, 3.63) is 65.2 Å². The third-order valence-corrected chi connectivity index (χ3v) is 8.04. The molecule has 1 saturated carbocycles. The van der Waals surface area contributed by atoms with Crippen molar-refractivity contribution in [1.29, 1.82) is 0 Å². The molecule has 3 nitrogen and oxygen atoms in total. The molecule has 0 N–H and O–H groups in total. The highest BCUT2D eigenvalue weighted by Gasteiger charge is 2.51. The van der Waals surface area contributed by atoms with Crippen molar-refractivity contribution in [1.82, 2.24) is 4.90 Å². The zero-order valence-corrected chi connectivity index (χ0v) is 18.5. The van der Waals surface area contributed by atoms with Gasteiger partial charge in [-0.25, -0.2) is 0 Å². The first-order valence-corrected chi connectivity index (χ1v) is 11.7. The van der Waals surface area contributed by atoms with Crippen molar-refractivity contribution in [2.24, 2.45) is 11.8 Å². The third-order valence-electron chi connectivity index (χ3n) is 8.04. The minimum absolute atomic E-state index is 0.198. The van der Waals surface area contributed by atoms with E-state index >= 15 is 0 Å². The SMILES string of the molecule is COc1ccc2c(c1)[C@]1(CCOCc3ccccc3)CCN(CC3CC3)[C@@H](C2)[C@H]1C. The third kappa shape index (κ3) is 3.78. The molecule has 2 aromatic rings. The van der Waals surface area contributed by atoms with Gasteiger partial charge in [0.25, 0.3) is 0 Å². The predicted molar refractivity (Wildman–Crippen MR) is 121 cm³/mol. The summed E-state index contributed by atoms with van der Waals surface area (Å²) in [5, 5.41) is 0. The molecule has 2 aromatic carbocycles. The van der Waals surface area contributed by atoms with E-state index < -0.39 is 0 Å². The molecule has 0 aromatic heterocycles.